The summed E-state index contributed by atoms with van der Waals surface area (Å²) in [5.74, 6) is 1.15. The highest BCUT2D eigenvalue weighted by Gasteiger charge is 2.19. The molecule has 1 N–H and O–H groups in total. The van der Waals surface area contributed by atoms with Crippen molar-refractivity contribution < 1.29 is 9.53 Å². The summed E-state index contributed by atoms with van der Waals surface area (Å²) in [6.07, 6.45) is 2.82. The van der Waals surface area contributed by atoms with Gasteiger partial charge in [0.2, 0.25) is 0 Å². The predicted octanol–water partition coefficient (Wildman–Crippen LogP) is 2.80. The molecule has 0 radical (unpaired) electrons. The minimum absolute atomic E-state index is 0. The summed E-state index contributed by atoms with van der Waals surface area (Å²) in [5.41, 5.74) is 0.811. The van der Waals surface area contributed by atoms with Gasteiger partial charge in [0.1, 0.15) is 18.1 Å². The van der Waals surface area contributed by atoms with E-state index in [1.54, 1.807) is 37.3 Å². The summed E-state index contributed by atoms with van der Waals surface area (Å²) < 4.78 is 6.64. The third-order valence-corrected chi connectivity index (χ3v) is 3.99. The lowest BCUT2D eigenvalue weighted by atomic mass is 10.2. The number of carbonyl (C=O) groups excluding carboxylic acids is 1. The van der Waals surface area contributed by atoms with Crippen LogP contribution in [0.5, 0.6) is 5.75 Å². The van der Waals surface area contributed by atoms with Gasteiger partial charge in [-0.15, -0.1) is 0 Å². The van der Waals surface area contributed by atoms with Crippen LogP contribution in [0.3, 0.4) is 0 Å². The molecule has 1 amide bonds. The quantitative estimate of drug-likeness (QED) is 0.685. The summed E-state index contributed by atoms with van der Waals surface area (Å²) in [4.78, 5) is 21.0. The Hall–Kier alpha value is -3.09. The van der Waals surface area contributed by atoms with Gasteiger partial charge in [-0.1, -0.05) is 11.6 Å². The van der Waals surface area contributed by atoms with Crippen molar-refractivity contribution in [3.05, 3.63) is 64.8 Å². The number of carbonyl (C=O) groups is 1. The number of hydrogen-bond donors (Lipinski definition) is 1. The van der Waals surface area contributed by atoms with Crippen LogP contribution < -0.4 is 10.1 Å². The highest BCUT2D eigenvalue weighted by molar-refractivity contribution is 7.59. The first-order valence-electron chi connectivity index (χ1n) is 7.93. The summed E-state index contributed by atoms with van der Waals surface area (Å²) >= 11 is 6.02. The molecule has 144 valence electrons. The Morgan fingerprint density at radius 1 is 1.32 bits per heavy atom. The molecule has 0 aliphatic rings. The van der Waals surface area contributed by atoms with Crippen molar-refractivity contribution >= 4 is 31.0 Å². The molecule has 3 rings (SSSR count). The number of ether oxygens (including phenoxy) is 1. The summed E-state index contributed by atoms with van der Waals surface area (Å²) in [7, 11) is 1.50. The molecule has 0 aliphatic heterocycles. The van der Waals surface area contributed by atoms with Crippen molar-refractivity contribution in [1.29, 1.82) is 5.26 Å². The maximum atomic E-state index is 12.6. The number of nitriles is 1. The number of hydrogen-bond acceptors (Lipinski definition) is 6. The van der Waals surface area contributed by atoms with Crippen LogP contribution in [0.15, 0.2) is 42.9 Å². The largest absolute Gasteiger partial charge is 0.497 e. The van der Waals surface area contributed by atoms with E-state index in [0.29, 0.717) is 33.5 Å². The maximum absolute atomic E-state index is 12.6. The van der Waals surface area contributed by atoms with Crippen LogP contribution in [0.25, 0.3) is 5.82 Å². The van der Waals surface area contributed by atoms with Gasteiger partial charge in [-0.05, 0) is 37.3 Å². The molecule has 10 heteroatoms. The highest BCUT2D eigenvalue weighted by atomic mass is 35.5. The fourth-order valence-corrected chi connectivity index (χ4v) is 2.68. The molecule has 0 spiro atoms. The molecule has 1 atom stereocenters. The number of aromatic nitrogens is 4. The third-order valence-electron chi connectivity index (χ3n) is 3.77. The van der Waals surface area contributed by atoms with E-state index >= 15 is 0 Å². The number of nitrogens with one attached hydrogen (secondary N) is 1. The average Bonchev–Trinajstić information content (AvgIpc) is 3.17. The second-order valence-electron chi connectivity index (χ2n) is 5.62. The van der Waals surface area contributed by atoms with Gasteiger partial charge in [0.25, 0.3) is 5.91 Å². The van der Waals surface area contributed by atoms with Crippen LogP contribution in [-0.2, 0) is 0 Å². The van der Waals surface area contributed by atoms with Gasteiger partial charge < -0.3 is 10.1 Å². The van der Waals surface area contributed by atoms with E-state index in [4.69, 9.17) is 21.6 Å². The van der Waals surface area contributed by atoms with Crippen molar-refractivity contribution in [2.24, 2.45) is 0 Å². The standard InChI is InChI=1S/C18H15ClN6O2.H2S/c1-11(24-18(26)13-5-14(19)7-15(6-13)27-2)17-22-10-23-25(17)16-4-3-12(8-20)9-21-16;/h3-7,9-11H,1-2H3,(H,24,26);1H2/t11-;/m0./s1. The molecule has 0 aliphatic carbocycles. The molecular formula is C18H17ClN6O2S. The third kappa shape index (κ3) is 4.60. The average molecular weight is 417 g/mol. The summed E-state index contributed by atoms with van der Waals surface area (Å²) in [6, 6.07) is 9.62. The van der Waals surface area contributed by atoms with Crippen LogP contribution >= 0.6 is 25.1 Å². The Bertz CT molecular complexity index is 1020. The number of benzene rings is 1. The smallest absolute Gasteiger partial charge is 0.252 e. The Morgan fingerprint density at radius 3 is 2.75 bits per heavy atom. The normalized spacial score (nSPS) is 11.1. The highest BCUT2D eigenvalue weighted by Crippen LogP contribution is 2.21. The Labute approximate surface area is 173 Å². The zero-order chi connectivity index (χ0) is 19.4. The van der Waals surface area contributed by atoms with E-state index in [2.05, 4.69) is 20.4 Å². The first kappa shape index (κ1) is 21.2. The Balaban J connectivity index is 0.00000280. The summed E-state index contributed by atoms with van der Waals surface area (Å²) in [5, 5.41) is 16.3. The number of methoxy groups -OCH3 is 1. The van der Waals surface area contributed by atoms with Gasteiger partial charge in [0.05, 0.1) is 18.7 Å². The van der Waals surface area contributed by atoms with Gasteiger partial charge in [-0.25, -0.2) is 9.97 Å². The molecule has 0 fully saturated rings. The van der Waals surface area contributed by atoms with Gasteiger partial charge in [0, 0.05) is 16.8 Å². The van der Waals surface area contributed by atoms with Crippen LogP contribution in [0, 0.1) is 11.3 Å². The summed E-state index contributed by atoms with van der Waals surface area (Å²) in [6.45, 7) is 1.78. The second kappa shape index (κ2) is 9.21. The van der Waals surface area contributed by atoms with Gasteiger partial charge >= 0.3 is 0 Å². The van der Waals surface area contributed by atoms with Crippen LogP contribution in [-0.4, -0.2) is 32.8 Å². The first-order valence-corrected chi connectivity index (χ1v) is 8.31. The van der Waals surface area contributed by atoms with Gasteiger partial charge in [0.15, 0.2) is 11.6 Å². The molecular weight excluding hydrogens is 400 g/mol. The molecule has 2 aromatic heterocycles. The Morgan fingerprint density at radius 2 is 2.11 bits per heavy atom. The minimum atomic E-state index is -0.456. The van der Waals surface area contributed by atoms with Gasteiger partial charge in [-0.3, -0.25) is 4.79 Å². The van der Waals surface area contributed by atoms with Crippen LogP contribution in [0.4, 0.5) is 0 Å². The van der Waals surface area contributed by atoms with E-state index in [-0.39, 0.29) is 19.4 Å². The molecule has 3 aromatic rings. The van der Waals surface area contributed by atoms with E-state index in [1.165, 1.54) is 24.3 Å². The number of rotatable bonds is 5. The van der Waals surface area contributed by atoms with Crippen LogP contribution in [0.2, 0.25) is 5.02 Å². The van der Waals surface area contributed by atoms with Crippen molar-refractivity contribution in [1.82, 2.24) is 25.1 Å². The van der Waals surface area contributed by atoms with Crippen molar-refractivity contribution in [3.8, 4) is 17.6 Å². The lowest BCUT2D eigenvalue weighted by molar-refractivity contribution is 0.0937. The number of nitrogens with zero attached hydrogens (tertiary/aromatic N) is 5. The Kier molecular flexibility index (Phi) is 6.98. The van der Waals surface area contributed by atoms with Crippen LogP contribution in [0.1, 0.15) is 34.7 Å². The van der Waals surface area contributed by atoms with E-state index in [0.717, 1.165) is 0 Å². The molecule has 0 saturated carbocycles. The SMILES string of the molecule is COc1cc(Cl)cc(C(=O)N[C@@H](C)c2ncnn2-c2ccc(C#N)cn2)c1.S. The number of pyridine rings is 1. The lowest BCUT2D eigenvalue weighted by Crippen LogP contribution is -2.28. The molecule has 28 heavy (non-hydrogen) atoms. The molecule has 2 heterocycles. The van der Waals surface area contributed by atoms with E-state index in [9.17, 15) is 4.79 Å². The lowest BCUT2D eigenvalue weighted by Gasteiger charge is -2.15. The fourth-order valence-electron chi connectivity index (χ4n) is 2.46. The molecule has 8 nitrogen and oxygen atoms in total. The first-order chi connectivity index (χ1) is 13.0. The predicted molar refractivity (Wildman–Crippen MR) is 108 cm³/mol. The van der Waals surface area contributed by atoms with E-state index in [1.807, 2.05) is 6.07 Å². The molecule has 0 saturated heterocycles. The minimum Gasteiger partial charge on any atom is -0.497 e. The monoisotopic (exact) mass is 416 g/mol. The second-order valence-corrected chi connectivity index (χ2v) is 6.06. The van der Waals surface area contributed by atoms with E-state index < -0.39 is 6.04 Å². The maximum Gasteiger partial charge on any atom is 0.252 e. The molecule has 0 unspecified atom stereocenters. The van der Waals surface area contributed by atoms with Crippen molar-refractivity contribution in [3.63, 3.8) is 0 Å². The zero-order valence-corrected chi connectivity index (χ0v) is 16.8. The topological polar surface area (TPSA) is 106 Å². The molecule has 1 aromatic carbocycles. The fraction of sp³-hybridized carbons (Fsp3) is 0.167. The molecule has 0 bridgehead atoms. The number of halogens is 1. The van der Waals surface area contributed by atoms with Crippen molar-refractivity contribution in [2.45, 2.75) is 13.0 Å². The van der Waals surface area contributed by atoms with Crippen molar-refractivity contribution in [2.75, 3.05) is 7.11 Å². The zero-order valence-electron chi connectivity index (χ0n) is 15.0. The van der Waals surface area contributed by atoms with Gasteiger partial charge in [-0.2, -0.15) is 28.5 Å². The number of amides is 1.